The molecule has 4 nitrogen and oxygen atoms in total. The van der Waals surface area contributed by atoms with Crippen LogP contribution >= 0.6 is 12.2 Å². The Morgan fingerprint density at radius 1 is 1.41 bits per heavy atom. The van der Waals surface area contributed by atoms with Crippen LogP contribution < -0.4 is 11.1 Å². The summed E-state index contributed by atoms with van der Waals surface area (Å²) in [6.07, 6.45) is 3.35. The number of nitrogens with one attached hydrogen (secondary N) is 1. The second kappa shape index (κ2) is 4.90. The first-order chi connectivity index (χ1) is 8.04. The molecule has 0 aromatic carbocycles. The lowest BCUT2D eigenvalue weighted by Crippen LogP contribution is -2.56. The van der Waals surface area contributed by atoms with Crippen LogP contribution in [0.5, 0.6) is 0 Å². The second-order valence-corrected chi connectivity index (χ2v) is 5.75. The van der Waals surface area contributed by atoms with Crippen LogP contribution in [0.15, 0.2) is 0 Å². The highest BCUT2D eigenvalue weighted by atomic mass is 32.1. The van der Waals surface area contributed by atoms with E-state index in [1.54, 1.807) is 0 Å². The van der Waals surface area contributed by atoms with Crippen molar-refractivity contribution in [2.24, 2.45) is 17.1 Å². The topological polar surface area (TPSA) is 64.4 Å². The van der Waals surface area contributed by atoms with Gasteiger partial charge in [0.15, 0.2) is 0 Å². The molecule has 96 valence electrons. The van der Waals surface area contributed by atoms with Crippen LogP contribution in [0.25, 0.3) is 0 Å². The number of thiocarbonyl (C=S) groups is 1. The van der Waals surface area contributed by atoms with Gasteiger partial charge >= 0.3 is 0 Å². The molecule has 17 heavy (non-hydrogen) atoms. The summed E-state index contributed by atoms with van der Waals surface area (Å²) < 4.78 is 5.29. The van der Waals surface area contributed by atoms with Crippen molar-refractivity contribution in [1.29, 1.82) is 0 Å². The Balaban J connectivity index is 2.00. The van der Waals surface area contributed by atoms with Crippen molar-refractivity contribution in [1.82, 2.24) is 5.32 Å². The quantitative estimate of drug-likeness (QED) is 0.739. The highest BCUT2D eigenvalue weighted by molar-refractivity contribution is 7.80. The fourth-order valence-corrected chi connectivity index (χ4v) is 2.95. The molecular formula is C12H20N2O2S. The number of amides is 1. The molecule has 5 heteroatoms. The van der Waals surface area contributed by atoms with Gasteiger partial charge in [0.05, 0.1) is 4.99 Å². The molecular weight excluding hydrogens is 236 g/mol. The third-order valence-corrected chi connectivity index (χ3v) is 4.35. The largest absolute Gasteiger partial charge is 0.392 e. The van der Waals surface area contributed by atoms with Crippen LogP contribution in [0.1, 0.15) is 32.6 Å². The highest BCUT2D eigenvalue weighted by Gasteiger charge is 2.44. The van der Waals surface area contributed by atoms with Crippen molar-refractivity contribution in [3.05, 3.63) is 0 Å². The number of hydrogen-bond acceptors (Lipinski definition) is 3. The molecule has 2 fully saturated rings. The van der Waals surface area contributed by atoms with Crippen molar-refractivity contribution < 1.29 is 9.53 Å². The summed E-state index contributed by atoms with van der Waals surface area (Å²) in [5.41, 5.74) is 5.11. The van der Waals surface area contributed by atoms with Crippen LogP contribution in [-0.2, 0) is 9.53 Å². The predicted octanol–water partition coefficient (Wildman–Crippen LogP) is 0.984. The number of ether oxygens (including phenoxy) is 1. The van der Waals surface area contributed by atoms with E-state index in [9.17, 15) is 4.79 Å². The molecule has 0 aromatic heterocycles. The van der Waals surface area contributed by atoms with E-state index in [1.165, 1.54) is 0 Å². The van der Waals surface area contributed by atoms with Crippen molar-refractivity contribution in [2.75, 3.05) is 13.2 Å². The zero-order valence-corrected chi connectivity index (χ0v) is 11.0. The second-order valence-electron chi connectivity index (χ2n) is 5.31. The molecule has 1 saturated heterocycles. The monoisotopic (exact) mass is 256 g/mol. The molecule has 1 amide bonds. The molecule has 0 bridgehead atoms. The zero-order valence-electron chi connectivity index (χ0n) is 10.2. The van der Waals surface area contributed by atoms with Crippen molar-refractivity contribution >= 4 is 23.1 Å². The minimum absolute atomic E-state index is 0.00481. The summed E-state index contributed by atoms with van der Waals surface area (Å²) >= 11 is 5.10. The van der Waals surface area contributed by atoms with Gasteiger partial charge in [-0.05, 0) is 31.6 Å². The first kappa shape index (κ1) is 12.8. The number of rotatable bonds is 3. The van der Waals surface area contributed by atoms with Crippen molar-refractivity contribution in [3.8, 4) is 0 Å². The van der Waals surface area contributed by atoms with Crippen LogP contribution in [0.3, 0.4) is 0 Å². The van der Waals surface area contributed by atoms with E-state index in [4.69, 9.17) is 22.7 Å². The van der Waals surface area contributed by atoms with E-state index in [2.05, 4.69) is 12.2 Å². The molecule has 1 aliphatic carbocycles. The van der Waals surface area contributed by atoms with Crippen LogP contribution in [0.4, 0.5) is 0 Å². The molecule has 0 spiro atoms. The average Bonchev–Trinajstić information content (AvgIpc) is 2.27. The zero-order chi connectivity index (χ0) is 12.5. The van der Waals surface area contributed by atoms with E-state index >= 15 is 0 Å². The molecule has 1 aliphatic heterocycles. The smallest absolute Gasteiger partial charge is 0.233 e. The molecule has 0 aromatic rings. The van der Waals surface area contributed by atoms with Gasteiger partial charge in [-0.3, -0.25) is 4.79 Å². The summed E-state index contributed by atoms with van der Waals surface area (Å²) in [4.78, 5) is 12.6. The SMILES string of the molecule is CC1CC(NC(=O)C2(C(N)=S)CCOCC2)C1. The Kier molecular flexibility index (Phi) is 3.68. The standard InChI is InChI=1S/C12H20N2O2S/c1-8-6-9(7-8)14-11(15)12(10(13)17)2-4-16-5-3-12/h8-9H,2-7H2,1H3,(H2,13,17)(H,14,15). The maximum absolute atomic E-state index is 12.3. The van der Waals surface area contributed by atoms with Crippen molar-refractivity contribution in [3.63, 3.8) is 0 Å². The fourth-order valence-electron chi connectivity index (χ4n) is 2.65. The molecule has 0 atom stereocenters. The molecule has 2 aliphatic rings. The predicted molar refractivity (Wildman–Crippen MR) is 69.6 cm³/mol. The van der Waals surface area contributed by atoms with Gasteiger partial charge in [-0.15, -0.1) is 0 Å². The van der Waals surface area contributed by atoms with Crippen LogP contribution in [-0.4, -0.2) is 30.2 Å². The average molecular weight is 256 g/mol. The molecule has 0 unspecified atom stereocenters. The van der Waals surface area contributed by atoms with Gasteiger partial charge < -0.3 is 15.8 Å². The molecule has 0 radical (unpaired) electrons. The van der Waals surface area contributed by atoms with Crippen LogP contribution in [0.2, 0.25) is 0 Å². The number of hydrogen-bond donors (Lipinski definition) is 2. The Morgan fingerprint density at radius 2 is 2.00 bits per heavy atom. The molecule has 1 saturated carbocycles. The summed E-state index contributed by atoms with van der Waals surface area (Å²) in [5.74, 6) is 0.723. The van der Waals surface area contributed by atoms with E-state index in [-0.39, 0.29) is 5.91 Å². The van der Waals surface area contributed by atoms with Gasteiger partial charge in [0.2, 0.25) is 5.91 Å². The number of carbonyl (C=O) groups excluding carboxylic acids is 1. The first-order valence-electron chi connectivity index (χ1n) is 6.23. The van der Waals surface area contributed by atoms with E-state index in [1.807, 2.05) is 0 Å². The maximum Gasteiger partial charge on any atom is 0.233 e. The minimum Gasteiger partial charge on any atom is -0.392 e. The normalized spacial score (nSPS) is 31.4. The Morgan fingerprint density at radius 3 is 2.47 bits per heavy atom. The summed E-state index contributed by atoms with van der Waals surface area (Å²) in [6.45, 7) is 3.32. The lowest BCUT2D eigenvalue weighted by Gasteiger charge is -2.39. The third kappa shape index (κ3) is 2.45. The van der Waals surface area contributed by atoms with Crippen molar-refractivity contribution in [2.45, 2.75) is 38.6 Å². The third-order valence-electron chi connectivity index (χ3n) is 3.96. The molecule has 2 rings (SSSR count). The lowest BCUT2D eigenvalue weighted by atomic mass is 9.77. The summed E-state index contributed by atoms with van der Waals surface area (Å²) in [5, 5.41) is 3.08. The fraction of sp³-hybridized carbons (Fsp3) is 0.833. The van der Waals surface area contributed by atoms with Gasteiger partial charge in [-0.1, -0.05) is 19.1 Å². The van der Waals surface area contributed by atoms with Gasteiger partial charge in [0.25, 0.3) is 0 Å². The summed E-state index contributed by atoms with van der Waals surface area (Å²) in [6, 6.07) is 0.312. The Bertz CT molecular complexity index is 320. The first-order valence-corrected chi connectivity index (χ1v) is 6.64. The summed E-state index contributed by atoms with van der Waals surface area (Å²) in [7, 11) is 0. The Hall–Kier alpha value is -0.680. The molecule has 3 N–H and O–H groups in total. The van der Waals surface area contributed by atoms with E-state index in [0.29, 0.717) is 37.1 Å². The Labute approximate surface area is 107 Å². The highest BCUT2D eigenvalue weighted by Crippen LogP contribution is 2.33. The van der Waals surface area contributed by atoms with Gasteiger partial charge in [-0.25, -0.2) is 0 Å². The number of carbonyl (C=O) groups is 1. The van der Waals surface area contributed by atoms with Gasteiger partial charge in [-0.2, -0.15) is 0 Å². The molecule has 1 heterocycles. The van der Waals surface area contributed by atoms with E-state index < -0.39 is 5.41 Å². The number of nitrogens with two attached hydrogens (primary N) is 1. The lowest BCUT2D eigenvalue weighted by molar-refractivity contribution is -0.133. The maximum atomic E-state index is 12.3. The van der Waals surface area contributed by atoms with Crippen LogP contribution in [0, 0.1) is 11.3 Å². The van der Waals surface area contributed by atoms with Gasteiger partial charge in [0.1, 0.15) is 5.41 Å². The van der Waals surface area contributed by atoms with E-state index in [0.717, 1.165) is 18.8 Å². The minimum atomic E-state index is -0.674. The van der Waals surface area contributed by atoms with Gasteiger partial charge in [0, 0.05) is 19.3 Å².